The predicted molar refractivity (Wildman–Crippen MR) is 44.6 cm³/mol. The summed E-state index contributed by atoms with van der Waals surface area (Å²) in [5.74, 6) is 0. The molecule has 0 aliphatic carbocycles. The van der Waals surface area contributed by atoms with Crippen LogP contribution in [0.25, 0.3) is 0 Å². The second-order valence-corrected chi connectivity index (χ2v) is 4.00. The van der Waals surface area contributed by atoms with E-state index >= 15 is 0 Å². The van der Waals surface area contributed by atoms with E-state index in [1.54, 1.807) is 23.8 Å². The van der Waals surface area contributed by atoms with Gasteiger partial charge in [0.25, 0.3) is 0 Å². The van der Waals surface area contributed by atoms with Crippen LogP contribution in [0.3, 0.4) is 0 Å². The molecule has 1 unspecified atom stereocenters. The Morgan fingerprint density at radius 2 is 2.50 bits per heavy atom. The standard InChI is InChI=1S/C5H8N2OS2/c1-7(10(2)8)5-6-3-4-9-5/h3-4H,1-2H3. The number of aromatic nitrogens is 1. The van der Waals surface area contributed by atoms with Gasteiger partial charge in [-0.2, -0.15) is 4.31 Å². The van der Waals surface area contributed by atoms with E-state index in [1.165, 1.54) is 11.3 Å². The zero-order valence-corrected chi connectivity index (χ0v) is 7.41. The van der Waals surface area contributed by atoms with Crippen LogP contribution in [0.5, 0.6) is 0 Å². The van der Waals surface area contributed by atoms with Crippen LogP contribution in [0.4, 0.5) is 5.13 Å². The van der Waals surface area contributed by atoms with Crippen molar-refractivity contribution < 1.29 is 4.55 Å². The molecule has 0 spiro atoms. The molecule has 5 heteroatoms. The number of anilines is 1. The number of hydrogen-bond donors (Lipinski definition) is 0. The molecule has 1 rings (SSSR count). The van der Waals surface area contributed by atoms with Gasteiger partial charge < -0.3 is 4.55 Å². The monoisotopic (exact) mass is 176 g/mol. The second-order valence-electron chi connectivity index (χ2n) is 1.74. The minimum atomic E-state index is -0.958. The average molecular weight is 176 g/mol. The van der Waals surface area contributed by atoms with Gasteiger partial charge in [0, 0.05) is 11.6 Å². The third-order valence-corrected chi connectivity index (χ3v) is 2.98. The molecule has 0 saturated carbocycles. The normalized spacial score (nSPS) is 13.1. The highest BCUT2D eigenvalue weighted by Crippen LogP contribution is 2.17. The van der Waals surface area contributed by atoms with Crippen LogP contribution >= 0.6 is 11.3 Å². The summed E-state index contributed by atoms with van der Waals surface area (Å²) in [5.41, 5.74) is 0. The van der Waals surface area contributed by atoms with Crippen LogP contribution in [-0.4, -0.2) is 22.8 Å². The Morgan fingerprint density at radius 1 is 1.80 bits per heavy atom. The summed E-state index contributed by atoms with van der Waals surface area (Å²) in [4.78, 5) is 3.99. The Kier molecular flexibility index (Phi) is 2.53. The zero-order valence-electron chi connectivity index (χ0n) is 5.77. The first-order chi connectivity index (χ1) is 4.72. The fraction of sp³-hybridized carbons (Fsp3) is 0.400. The van der Waals surface area contributed by atoms with Gasteiger partial charge in [0.2, 0.25) is 5.13 Å². The molecule has 1 heterocycles. The first-order valence-electron chi connectivity index (χ1n) is 2.68. The second kappa shape index (κ2) is 3.23. The molecular formula is C5H8N2OS2. The van der Waals surface area contributed by atoms with Crippen LogP contribution in [0, 0.1) is 0 Å². The summed E-state index contributed by atoms with van der Waals surface area (Å²) in [6, 6.07) is 0. The van der Waals surface area contributed by atoms with Crippen LogP contribution in [0.1, 0.15) is 0 Å². The molecule has 0 N–H and O–H groups in total. The van der Waals surface area contributed by atoms with Crippen molar-refractivity contribution in [2.75, 3.05) is 17.6 Å². The third-order valence-electron chi connectivity index (χ3n) is 1.07. The van der Waals surface area contributed by atoms with Crippen molar-refractivity contribution in [3.63, 3.8) is 0 Å². The van der Waals surface area contributed by atoms with Crippen molar-refractivity contribution in [3.05, 3.63) is 11.6 Å². The largest absolute Gasteiger partial charge is 0.593 e. The van der Waals surface area contributed by atoms with E-state index in [1.807, 2.05) is 5.38 Å². The molecule has 1 aromatic rings. The Morgan fingerprint density at radius 3 is 2.90 bits per heavy atom. The summed E-state index contributed by atoms with van der Waals surface area (Å²) in [7, 11) is 1.76. The molecule has 0 bridgehead atoms. The summed E-state index contributed by atoms with van der Waals surface area (Å²) in [6.07, 6.45) is 3.32. The van der Waals surface area contributed by atoms with E-state index in [0.29, 0.717) is 0 Å². The molecule has 0 aliphatic rings. The Balaban J connectivity index is 2.68. The number of rotatable bonds is 2. The summed E-state index contributed by atoms with van der Waals surface area (Å²) in [5, 5.41) is 2.65. The molecular weight excluding hydrogens is 168 g/mol. The molecule has 0 amide bonds. The van der Waals surface area contributed by atoms with Crippen LogP contribution < -0.4 is 4.31 Å². The summed E-state index contributed by atoms with van der Waals surface area (Å²) >= 11 is 0.523. The van der Waals surface area contributed by atoms with Crippen molar-refractivity contribution in [3.8, 4) is 0 Å². The molecule has 3 nitrogen and oxygen atoms in total. The zero-order chi connectivity index (χ0) is 7.56. The quantitative estimate of drug-likeness (QED) is 0.628. The van der Waals surface area contributed by atoms with Gasteiger partial charge in [-0.25, -0.2) is 4.98 Å². The minimum absolute atomic E-state index is 0.792. The maximum Gasteiger partial charge on any atom is 0.228 e. The van der Waals surface area contributed by atoms with Gasteiger partial charge in [-0.05, 0) is 0 Å². The first kappa shape index (κ1) is 7.84. The highest BCUT2D eigenvalue weighted by molar-refractivity contribution is 7.92. The predicted octanol–water partition coefficient (Wildman–Crippen LogP) is 0.873. The lowest BCUT2D eigenvalue weighted by molar-refractivity contribution is 0.599. The van der Waals surface area contributed by atoms with E-state index in [0.717, 1.165) is 5.13 Å². The minimum Gasteiger partial charge on any atom is -0.593 e. The van der Waals surface area contributed by atoms with Gasteiger partial charge in [0.1, 0.15) is 6.26 Å². The van der Waals surface area contributed by atoms with Crippen molar-refractivity contribution in [2.24, 2.45) is 0 Å². The maximum atomic E-state index is 10.8. The topological polar surface area (TPSA) is 39.2 Å². The van der Waals surface area contributed by atoms with Crippen LogP contribution in [0.15, 0.2) is 11.6 Å². The fourth-order valence-electron chi connectivity index (χ4n) is 0.481. The van der Waals surface area contributed by atoms with Gasteiger partial charge in [0.05, 0.1) is 18.4 Å². The molecule has 1 aromatic heterocycles. The lowest BCUT2D eigenvalue weighted by Gasteiger charge is -2.14. The van der Waals surface area contributed by atoms with Crippen LogP contribution in [0.2, 0.25) is 0 Å². The Labute approximate surface area is 67.0 Å². The molecule has 0 aromatic carbocycles. The Hall–Kier alpha value is -0.260. The lowest BCUT2D eigenvalue weighted by atomic mass is 11.0. The molecule has 0 fully saturated rings. The van der Waals surface area contributed by atoms with Crippen LogP contribution in [-0.2, 0) is 11.4 Å². The molecule has 10 heavy (non-hydrogen) atoms. The first-order valence-corrected chi connectivity index (χ1v) is 5.08. The number of thiazole rings is 1. The summed E-state index contributed by atoms with van der Waals surface area (Å²) in [6.45, 7) is 0. The highest BCUT2D eigenvalue weighted by atomic mass is 32.2. The van der Waals surface area contributed by atoms with E-state index in [9.17, 15) is 4.55 Å². The van der Waals surface area contributed by atoms with Gasteiger partial charge in [-0.3, -0.25) is 0 Å². The smallest absolute Gasteiger partial charge is 0.228 e. The molecule has 0 aliphatic heterocycles. The fourth-order valence-corrected chi connectivity index (χ4v) is 1.71. The van der Waals surface area contributed by atoms with Gasteiger partial charge in [0.15, 0.2) is 0 Å². The molecule has 0 saturated heterocycles. The third kappa shape index (κ3) is 1.62. The number of hydrogen-bond acceptors (Lipinski definition) is 4. The van der Waals surface area contributed by atoms with E-state index in [4.69, 9.17) is 0 Å². The maximum absolute atomic E-state index is 10.8. The van der Waals surface area contributed by atoms with Crippen molar-refractivity contribution in [2.45, 2.75) is 0 Å². The van der Waals surface area contributed by atoms with Gasteiger partial charge in [-0.15, -0.1) is 11.3 Å². The Bertz CT molecular complexity index is 188. The molecule has 0 radical (unpaired) electrons. The lowest BCUT2D eigenvalue weighted by Crippen LogP contribution is -2.24. The SMILES string of the molecule is CN(c1nccs1)[S+](C)[O-]. The number of nitrogens with zero attached hydrogens (tertiary/aromatic N) is 2. The van der Waals surface area contributed by atoms with Crippen molar-refractivity contribution in [1.29, 1.82) is 0 Å². The average Bonchev–Trinajstić information content (AvgIpc) is 2.36. The van der Waals surface area contributed by atoms with E-state index < -0.39 is 11.4 Å². The molecule has 56 valence electrons. The van der Waals surface area contributed by atoms with E-state index in [-0.39, 0.29) is 0 Å². The van der Waals surface area contributed by atoms with Crippen molar-refractivity contribution in [1.82, 2.24) is 4.98 Å². The van der Waals surface area contributed by atoms with Gasteiger partial charge >= 0.3 is 0 Å². The molecule has 1 atom stereocenters. The van der Waals surface area contributed by atoms with Gasteiger partial charge in [-0.1, -0.05) is 0 Å². The summed E-state index contributed by atoms with van der Waals surface area (Å²) < 4.78 is 12.5. The van der Waals surface area contributed by atoms with E-state index in [2.05, 4.69) is 4.98 Å². The van der Waals surface area contributed by atoms with Crippen molar-refractivity contribution >= 4 is 27.8 Å². The highest BCUT2D eigenvalue weighted by Gasteiger charge is 2.10.